The van der Waals surface area contributed by atoms with Crippen molar-refractivity contribution in [3.63, 3.8) is 0 Å². The second kappa shape index (κ2) is 7.31. The zero-order chi connectivity index (χ0) is 12.8. The Balaban J connectivity index is 2.44. The van der Waals surface area contributed by atoms with Crippen LogP contribution in [0.15, 0.2) is 26.0 Å². The number of pyridine rings is 1. The summed E-state index contributed by atoms with van der Waals surface area (Å²) >= 11 is 6.62. The van der Waals surface area contributed by atoms with Crippen LogP contribution in [-0.2, 0) is 6.54 Å². The minimum atomic E-state index is 0.00242. The van der Waals surface area contributed by atoms with Crippen LogP contribution in [0.2, 0.25) is 0 Å². The molecule has 96 valence electrons. The van der Waals surface area contributed by atoms with Crippen molar-refractivity contribution in [1.29, 1.82) is 0 Å². The number of rotatable bonds is 6. The molecule has 0 atom stereocenters. The Morgan fingerprint density at radius 2 is 2.06 bits per heavy atom. The molecule has 0 aliphatic carbocycles. The first kappa shape index (κ1) is 14.9. The van der Waals surface area contributed by atoms with Gasteiger partial charge in [-0.25, -0.2) is 0 Å². The average molecular weight is 367 g/mol. The molecule has 1 aromatic rings. The third-order valence-corrected chi connectivity index (χ3v) is 3.28. The lowest BCUT2D eigenvalue weighted by Gasteiger charge is -2.11. The number of halogens is 2. The van der Waals surface area contributed by atoms with Gasteiger partial charge in [0.1, 0.15) is 0 Å². The molecular formula is C11H17Br2N3O. The van der Waals surface area contributed by atoms with Crippen molar-refractivity contribution in [3.05, 3.63) is 31.6 Å². The van der Waals surface area contributed by atoms with Gasteiger partial charge in [-0.05, 0) is 52.0 Å². The summed E-state index contributed by atoms with van der Waals surface area (Å²) in [5.41, 5.74) is 0.00242. The maximum absolute atomic E-state index is 11.8. The molecule has 1 N–H and O–H groups in total. The van der Waals surface area contributed by atoms with Gasteiger partial charge in [0.2, 0.25) is 0 Å². The van der Waals surface area contributed by atoms with Crippen LogP contribution in [0.3, 0.4) is 0 Å². The number of hydrogen-bond acceptors (Lipinski definition) is 3. The summed E-state index contributed by atoms with van der Waals surface area (Å²) in [6.45, 7) is 3.38. The Hall–Kier alpha value is -0.170. The van der Waals surface area contributed by atoms with E-state index in [0.29, 0.717) is 11.0 Å². The summed E-state index contributed by atoms with van der Waals surface area (Å²) in [5.74, 6) is 0. The molecule has 0 radical (unpaired) electrons. The summed E-state index contributed by atoms with van der Waals surface area (Å²) < 4.78 is 3.18. The molecule has 0 aromatic carbocycles. The molecule has 4 nitrogen and oxygen atoms in total. The molecule has 1 aromatic heterocycles. The van der Waals surface area contributed by atoms with Crippen molar-refractivity contribution in [3.8, 4) is 0 Å². The maximum Gasteiger partial charge on any atom is 0.264 e. The summed E-state index contributed by atoms with van der Waals surface area (Å²) in [5, 5.41) is 3.30. The van der Waals surface area contributed by atoms with Gasteiger partial charge in [0.25, 0.3) is 5.56 Å². The minimum Gasteiger partial charge on any atom is -0.314 e. The van der Waals surface area contributed by atoms with Crippen LogP contribution in [0.4, 0.5) is 0 Å². The van der Waals surface area contributed by atoms with Crippen LogP contribution in [-0.4, -0.2) is 43.2 Å². The predicted octanol–water partition coefficient (Wildman–Crippen LogP) is 1.52. The topological polar surface area (TPSA) is 37.3 Å². The SMILES string of the molecule is CN(C)CCNCCn1cc(Br)cc(Br)c1=O. The smallest absolute Gasteiger partial charge is 0.264 e. The molecule has 0 saturated carbocycles. The molecule has 6 heteroatoms. The van der Waals surface area contributed by atoms with E-state index in [2.05, 4.69) is 42.1 Å². The molecule has 1 heterocycles. The molecule has 0 saturated heterocycles. The highest BCUT2D eigenvalue weighted by Crippen LogP contribution is 2.12. The highest BCUT2D eigenvalue weighted by molar-refractivity contribution is 9.11. The summed E-state index contributed by atoms with van der Waals surface area (Å²) in [6, 6.07) is 1.76. The maximum atomic E-state index is 11.8. The van der Waals surface area contributed by atoms with E-state index in [-0.39, 0.29) is 5.56 Å². The second-order valence-electron chi connectivity index (χ2n) is 4.06. The van der Waals surface area contributed by atoms with Gasteiger partial charge in [-0.3, -0.25) is 4.79 Å². The largest absolute Gasteiger partial charge is 0.314 e. The first-order valence-corrected chi connectivity index (χ1v) is 7.00. The van der Waals surface area contributed by atoms with E-state index in [1.54, 1.807) is 16.8 Å². The monoisotopic (exact) mass is 365 g/mol. The van der Waals surface area contributed by atoms with Crippen molar-refractivity contribution >= 4 is 31.9 Å². The lowest BCUT2D eigenvalue weighted by Crippen LogP contribution is -2.31. The zero-order valence-electron chi connectivity index (χ0n) is 10.0. The molecule has 0 fully saturated rings. The molecule has 17 heavy (non-hydrogen) atoms. The standard InChI is InChI=1S/C11H17Br2N3O/c1-15(2)5-3-14-4-6-16-8-9(12)7-10(13)11(16)17/h7-8,14H,3-6H2,1-2H3. The van der Waals surface area contributed by atoms with Crippen LogP contribution in [0.25, 0.3) is 0 Å². The van der Waals surface area contributed by atoms with E-state index in [1.807, 2.05) is 14.1 Å². The Kier molecular flexibility index (Phi) is 6.40. The van der Waals surface area contributed by atoms with E-state index >= 15 is 0 Å². The van der Waals surface area contributed by atoms with Gasteiger partial charge in [0.15, 0.2) is 0 Å². The van der Waals surface area contributed by atoms with Crippen molar-refractivity contribution in [2.45, 2.75) is 6.54 Å². The summed E-state index contributed by atoms with van der Waals surface area (Å²) in [4.78, 5) is 13.9. The fraction of sp³-hybridized carbons (Fsp3) is 0.545. The minimum absolute atomic E-state index is 0.00242. The third kappa shape index (κ3) is 5.33. The van der Waals surface area contributed by atoms with Crippen molar-refractivity contribution in [1.82, 2.24) is 14.8 Å². The first-order chi connectivity index (χ1) is 8.00. The predicted molar refractivity (Wildman–Crippen MR) is 77.5 cm³/mol. The van der Waals surface area contributed by atoms with E-state index in [4.69, 9.17) is 0 Å². The fourth-order valence-electron chi connectivity index (χ4n) is 1.36. The number of aromatic nitrogens is 1. The quantitative estimate of drug-likeness (QED) is 0.775. The number of hydrogen-bond donors (Lipinski definition) is 1. The number of nitrogens with one attached hydrogen (secondary N) is 1. The van der Waals surface area contributed by atoms with Crippen LogP contribution in [0.5, 0.6) is 0 Å². The highest BCUT2D eigenvalue weighted by Gasteiger charge is 2.02. The van der Waals surface area contributed by atoms with Crippen LogP contribution in [0.1, 0.15) is 0 Å². The van der Waals surface area contributed by atoms with Gasteiger partial charge in [-0.15, -0.1) is 0 Å². The Bertz CT molecular complexity index is 418. The van der Waals surface area contributed by atoms with E-state index in [9.17, 15) is 4.79 Å². The Morgan fingerprint density at radius 3 is 2.71 bits per heavy atom. The van der Waals surface area contributed by atoms with Crippen molar-refractivity contribution in [2.75, 3.05) is 33.7 Å². The van der Waals surface area contributed by atoms with Crippen molar-refractivity contribution < 1.29 is 0 Å². The second-order valence-corrected chi connectivity index (χ2v) is 5.83. The molecule has 0 aliphatic heterocycles. The number of nitrogens with zero attached hydrogens (tertiary/aromatic N) is 2. The van der Waals surface area contributed by atoms with Crippen LogP contribution < -0.4 is 10.9 Å². The molecule has 0 amide bonds. The normalized spacial score (nSPS) is 11.1. The van der Waals surface area contributed by atoms with Gasteiger partial charge < -0.3 is 14.8 Å². The van der Waals surface area contributed by atoms with E-state index < -0.39 is 0 Å². The Labute approximate surface area is 118 Å². The van der Waals surface area contributed by atoms with Gasteiger partial charge >= 0.3 is 0 Å². The van der Waals surface area contributed by atoms with Gasteiger partial charge in [-0.2, -0.15) is 0 Å². The van der Waals surface area contributed by atoms with Gasteiger partial charge in [0, 0.05) is 36.8 Å². The van der Waals surface area contributed by atoms with E-state index in [1.165, 1.54) is 0 Å². The molecule has 0 aliphatic rings. The molecular weight excluding hydrogens is 350 g/mol. The fourth-order valence-corrected chi connectivity index (χ4v) is 2.62. The van der Waals surface area contributed by atoms with Gasteiger partial charge in [-0.1, -0.05) is 0 Å². The molecule has 0 spiro atoms. The zero-order valence-corrected chi connectivity index (χ0v) is 13.2. The van der Waals surface area contributed by atoms with Crippen LogP contribution >= 0.6 is 31.9 Å². The summed E-state index contributed by atoms with van der Waals surface area (Å²) in [7, 11) is 4.08. The molecule has 0 bridgehead atoms. The third-order valence-electron chi connectivity index (χ3n) is 2.27. The van der Waals surface area contributed by atoms with Crippen LogP contribution in [0, 0.1) is 0 Å². The molecule has 0 unspecified atom stereocenters. The Morgan fingerprint density at radius 1 is 1.35 bits per heavy atom. The highest BCUT2D eigenvalue weighted by atomic mass is 79.9. The van der Waals surface area contributed by atoms with Crippen molar-refractivity contribution in [2.24, 2.45) is 0 Å². The van der Waals surface area contributed by atoms with E-state index in [0.717, 1.165) is 24.1 Å². The van der Waals surface area contributed by atoms with Gasteiger partial charge in [0.05, 0.1) is 4.47 Å². The number of likely N-dealkylation sites (N-methyl/N-ethyl adjacent to an activating group) is 1. The lowest BCUT2D eigenvalue weighted by atomic mass is 10.4. The first-order valence-electron chi connectivity index (χ1n) is 5.41. The summed E-state index contributed by atoms with van der Waals surface area (Å²) in [6.07, 6.45) is 1.81. The molecule has 1 rings (SSSR count). The average Bonchev–Trinajstić information content (AvgIpc) is 2.23. The lowest BCUT2D eigenvalue weighted by molar-refractivity contribution is 0.397.